The maximum Gasteiger partial charge on any atom is 0.254 e. The van der Waals surface area contributed by atoms with Gasteiger partial charge in [0.05, 0.1) is 6.04 Å². The van der Waals surface area contributed by atoms with Gasteiger partial charge in [0.2, 0.25) is 6.79 Å². The van der Waals surface area contributed by atoms with Gasteiger partial charge in [-0.1, -0.05) is 13.8 Å². The Morgan fingerprint density at radius 1 is 1.33 bits per heavy atom. The first kappa shape index (κ1) is 15.0. The number of nitrogens with one attached hydrogen (secondary N) is 1. The molecule has 0 bridgehead atoms. The van der Waals surface area contributed by atoms with Gasteiger partial charge in [-0.05, 0) is 31.0 Å². The van der Waals surface area contributed by atoms with Crippen molar-refractivity contribution in [1.82, 2.24) is 20.1 Å². The second kappa shape index (κ2) is 5.81. The van der Waals surface area contributed by atoms with Crippen molar-refractivity contribution in [2.75, 3.05) is 13.3 Å². The molecule has 4 rings (SSSR count). The maximum atomic E-state index is 12.9. The van der Waals surface area contributed by atoms with E-state index in [2.05, 4.69) is 29.0 Å². The van der Waals surface area contributed by atoms with Gasteiger partial charge in [-0.2, -0.15) is 5.10 Å². The predicted octanol–water partition coefficient (Wildman–Crippen LogP) is 2.63. The zero-order valence-electron chi connectivity index (χ0n) is 13.8. The van der Waals surface area contributed by atoms with Crippen LogP contribution in [-0.4, -0.2) is 39.3 Å². The van der Waals surface area contributed by atoms with Crippen molar-refractivity contribution in [3.63, 3.8) is 0 Å². The van der Waals surface area contributed by atoms with Gasteiger partial charge in [-0.25, -0.2) is 4.98 Å². The molecular formula is C17H20N4O3. The largest absolute Gasteiger partial charge is 0.454 e. The summed E-state index contributed by atoms with van der Waals surface area (Å²) in [6.07, 6.45) is 1.85. The fourth-order valence-electron chi connectivity index (χ4n) is 3.18. The lowest BCUT2D eigenvalue weighted by molar-refractivity contribution is 0.0729. The monoisotopic (exact) mass is 328 g/mol. The van der Waals surface area contributed by atoms with Crippen LogP contribution >= 0.6 is 0 Å². The summed E-state index contributed by atoms with van der Waals surface area (Å²) in [7, 11) is 0. The number of ether oxygens (including phenoxy) is 2. The summed E-state index contributed by atoms with van der Waals surface area (Å²) in [5.74, 6) is 3.10. The number of rotatable bonds is 3. The molecular weight excluding hydrogens is 308 g/mol. The van der Waals surface area contributed by atoms with Crippen LogP contribution < -0.4 is 9.47 Å². The topological polar surface area (TPSA) is 80.3 Å². The minimum absolute atomic E-state index is 0.0155. The second-order valence-electron chi connectivity index (χ2n) is 6.46. The van der Waals surface area contributed by atoms with Crippen molar-refractivity contribution < 1.29 is 14.3 Å². The Morgan fingerprint density at radius 3 is 2.96 bits per heavy atom. The average molecular weight is 328 g/mol. The quantitative estimate of drug-likeness (QED) is 0.937. The number of hydrogen-bond acceptors (Lipinski definition) is 5. The van der Waals surface area contributed by atoms with Crippen molar-refractivity contribution in [2.24, 2.45) is 0 Å². The molecule has 0 radical (unpaired) electrons. The van der Waals surface area contributed by atoms with E-state index < -0.39 is 0 Å². The molecule has 0 aliphatic carbocycles. The Balaban J connectivity index is 1.58. The third-order valence-electron chi connectivity index (χ3n) is 4.49. The molecule has 7 nitrogen and oxygen atoms in total. The van der Waals surface area contributed by atoms with Crippen molar-refractivity contribution in [3.05, 3.63) is 35.4 Å². The smallest absolute Gasteiger partial charge is 0.254 e. The minimum Gasteiger partial charge on any atom is -0.454 e. The average Bonchev–Trinajstić information content (AvgIpc) is 3.31. The predicted molar refractivity (Wildman–Crippen MR) is 86.0 cm³/mol. The number of hydrogen-bond donors (Lipinski definition) is 1. The van der Waals surface area contributed by atoms with Gasteiger partial charge in [0.1, 0.15) is 5.82 Å². The standard InChI is InChI=1S/C17H20N4O3/c1-10(2)15-18-16(20-19-15)12-4-3-7-21(12)17(22)11-5-6-13-14(8-11)24-9-23-13/h5-6,8,10,12H,3-4,7,9H2,1-2H3,(H,18,19,20)/t12-/m0/s1. The lowest BCUT2D eigenvalue weighted by atomic mass is 10.1. The first-order chi connectivity index (χ1) is 11.6. The number of H-pyrrole nitrogens is 1. The first-order valence-corrected chi connectivity index (χ1v) is 8.26. The van der Waals surface area contributed by atoms with Gasteiger partial charge in [-0.15, -0.1) is 0 Å². The summed E-state index contributed by atoms with van der Waals surface area (Å²) in [5.41, 5.74) is 0.606. The van der Waals surface area contributed by atoms with Crippen molar-refractivity contribution >= 4 is 5.91 Å². The summed E-state index contributed by atoms with van der Waals surface area (Å²) in [4.78, 5) is 19.4. The fraction of sp³-hybridized carbons (Fsp3) is 0.471. The van der Waals surface area contributed by atoms with Crippen LogP contribution in [0.3, 0.4) is 0 Å². The Morgan fingerprint density at radius 2 is 2.17 bits per heavy atom. The Hall–Kier alpha value is -2.57. The number of benzene rings is 1. The number of aromatic amines is 1. The molecule has 1 fully saturated rings. The van der Waals surface area contributed by atoms with Crippen LogP contribution in [0, 0.1) is 0 Å². The highest BCUT2D eigenvalue weighted by molar-refractivity contribution is 5.95. The van der Waals surface area contributed by atoms with E-state index in [9.17, 15) is 4.79 Å². The molecule has 2 aliphatic rings. The van der Waals surface area contributed by atoms with E-state index in [-0.39, 0.29) is 24.7 Å². The Bertz CT molecular complexity index is 771. The molecule has 0 unspecified atom stereocenters. The van der Waals surface area contributed by atoms with Gasteiger partial charge in [0.15, 0.2) is 17.3 Å². The van der Waals surface area contributed by atoms with E-state index in [0.717, 1.165) is 31.0 Å². The van der Waals surface area contributed by atoms with E-state index in [1.807, 2.05) is 4.90 Å². The first-order valence-electron chi connectivity index (χ1n) is 8.26. The fourth-order valence-corrected chi connectivity index (χ4v) is 3.18. The Kier molecular flexibility index (Phi) is 3.63. The normalized spacial score (nSPS) is 19.3. The molecule has 0 spiro atoms. The number of amides is 1. The highest BCUT2D eigenvalue weighted by Gasteiger charge is 2.33. The molecule has 2 aliphatic heterocycles. The molecule has 7 heteroatoms. The third kappa shape index (κ3) is 2.50. The van der Waals surface area contributed by atoms with E-state index in [1.165, 1.54) is 0 Å². The number of likely N-dealkylation sites (tertiary alicyclic amines) is 1. The molecule has 1 N–H and O–H groups in total. The summed E-state index contributed by atoms with van der Waals surface area (Å²) < 4.78 is 10.7. The van der Waals surface area contributed by atoms with Crippen LogP contribution in [0.4, 0.5) is 0 Å². The SMILES string of the molecule is CC(C)c1n[nH]c([C@@H]2CCCN2C(=O)c2ccc3c(c2)OCO3)n1. The zero-order chi connectivity index (χ0) is 16.7. The lowest BCUT2D eigenvalue weighted by Gasteiger charge is -2.23. The van der Waals surface area contributed by atoms with Crippen molar-refractivity contribution in [1.29, 1.82) is 0 Å². The summed E-state index contributed by atoms with van der Waals surface area (Å²) >= 11 is 0. The number of aromatic nitrogens is 3. The molecule has 24 heavy (non-hydrogen) atoms. The van der Waals surface area contributed by atoms with Gasteiger partial charge >= 0.3 is 0 Å². The van der Waals surface area contributed by atoms with Crippen LogP contribution in [0.15, 0.2) is 18.2 Å². The number of nitrogens with zero attached hydrogens (tertiary/aromatic N) is 3. The van der Waals surface area contributed by atoms with Crippen LogP contribution in [-0.2, 0) is 0 Å². The van der Waals surface area contributed by atoms with Crippen LogP contribution in [0.2, 0.25) is 0 Å². The summed E-state index contributed by atoms with van der Waals surface area (Å²) in [5, 5.41) is 7.27. The summed E-state index contributed by atoms with van der Waals surface area (Å²) in [6.45, 7) is 5.03. The Labute approximate surface area is 140 Å². The van der Waals surface area contributed by atoms with Gasteiger partial charge in [0, 0.05) is 18.0 Å². The molecule has 2 aromatic rings. The van der Waals surface area contributed by atoms with Gasteiger partial charge < -0.3 is 14.4 Å². The minimum atomic E-state index is -0.0528. The maximum absolute atomic E-state index is 12.9. The highest BCUT2D eigenvalue weighted by atomic mass is 16.7. The molecule has 1 aromatic carbocycles. The van der Waals surface area contributed by atoms with E-state index in [0.29, 0.717) is 17.1 Å². The number of fused-ring (bicyclic) bond motifs is 1. The van der Waals surface area contributed by atoms with E-state index in [1.54, 1.807) is 18.2 Å². The molecule has 1 amide bonds. The van der Waals surface area contributed by atoms with Crippen LogP contribution in [0.25, 0.3) is 0 Å². The highest BCUT2D eigenvalue weighted by Crippen LogP contribution is 2.35. The van der Waals surface area contributed by atoms with Crippen molar-refractivity contribution in [2.45, 2.75) is 38.6 Å². The van der Waals surface area contributed by atoms with E-state index >= 15 is 0 Å². The third-order valence-corrected chi connectivity index (χ3v) is 4.49. The lowest BCUT2D eigenvalue weighted by Crippen LogP contribution is -2.31. The van der Waals surface area contributed by atoms with Gasteiger partial charge in [-0.3, -0.25) is 9.89 Å². The molecule has 1 saturated heterocycles. The van der Waals surface area contributed by atoms with Gasteiger partial charge in [0.25, 0.3) is 5.91 Å². The number of carbonyl (C=O) groups is 1. The second-order valence-corrected chi connectivity index (χ2v) is 6.46. The number of carbonyl (C=O) groups excluding carboxylic acids is 1. The van der Waals surface area contributed by atoms with E-state index in [4.69, 9.17) is 9.47 Å². The molecule has 1 aromatic heterocycles. The zero-order valence-corrected chi connectivity index (χ0v) is 13.8. The van der Waals surface area contributed by atoms with Crippen LogP contribution in [0.5, 0.6) is 11.5 Å². The summed E-state index contributed by atoms with van der Waals surface area (Å²) in [6, 6.07) is 5.26. The molecule has 1 atom stereocenters. The molecule has 0 saturated carbocycles. The van der Waals surface area contributed by atoms with Crippen molar-refractivity contribution in [3.8, 4) is 11.5 Å². The van der Waals surface area contributed by atoms with Crippen LogP contribution in [0.1, 0.15) is 60.7 Å². The molecule has 126 valence electrons. The molecule has 3 heterocycles.